The molecule has 0 fully saturated rings. The molecule has 29 heavy (non-hydrogen) atoms. The molecule has 1 aromatic heterocycles. The lowest BCUT2D eigenvalue weighted by Crippen LogP contribution is -2.15. The fourth-order valence-corrected chi connectivity index (χ4v) is 2.48. The second kappa shape index (κ2) is 8.42. The van der Waals surface area contributed by atoms with Crippen LogP contribution < -0.4 is 10.6 Å². The SMILES string of the molecule is COC(=O)c1ccc(NC(=O)c2cc(Nc3ccc(F)cc3F)nc(C)n2)cc1. The molecule has 148 valence electrons. The Morgan fingerprint density at radius 1 is 1.00 bits per heavy atom. The number of halogens is 2. The molecule has 1 heterocycles. The first-order valence-electron chi connectivity index (χ1n) is 8.43. The van der Waals surface area contributed by atoms with Crippen LogP contribution in [0, 0.1) is 18.6 Å². The van der Waals surface area contributed by atoms with Crippen LogP contribution in [-0.4, -0.2) is 29.0 Å². The molecule has 1 amide bonds. The Morgan fingerprint density at radius 2 is 1.72 bits per heavy atom. The second-order valence-electron chi connectivity index (χ2n) is 5.96. The van der Waals surface area contributed by atoms with Crippen molar-refractivity contribution in [3.05, 3.63) is 77.2 Å². The summed E-state index contributed by atoms with van der Waals surface area (Å²) in [4.78, 5) is 32.2. The Kier molecular flexibility index (Phi) is 5.77. The van der Waals surface area contributed by atoms with Gasteiger partial charge in [-0.25, -0.2) is 23.5 Å². The normalized spacial score (nSPS) is 10.3. The molecule has 7 nitrogen and oxygen atoms in total. The Labute approximate surface area is 164 Å². The molecule has 0 aliphatic carbocycles. The summed E-state index contributed by atoms with van der Waals surface area (Å²) in [6.07, 6.45) is 0. The van der Waals surface area contributed by atoms with Gasteiger partial charge in [0.1, 0.15) is 29.0 Å². The van der Waals surface area contributed by atoms with Crippen LogP contribution in [0.15, 0.2) is 48.5 Å². The first-order valence-corrected chi connectivity index (χ1v) is 8.43. The van der Waals surface area contributed by atoms with E-state index in [2.05, 4.69) is 25.3 Å². The Morgan fingerprint density at radius 3 is 2.38 bits per heavy atom. The highest BCUT2D eigenvalue weighted by Gasteiger charge is 2.13. The zero-order valence-corrected chi connectivity index (χ0v) is 15.5. The lowest BCUT2D eigenvalue weighted by molar-refractivity contribution is 0.0600. The van der Waals surface area contributed by atoms with Crippen molar-refractivity contribution in [2.75, 3.05) is 17.7 Å². The Bertz CT molecular complexity index is 1070. The van der Waals surface area contributed by atoms with Gasteiger partial charge >= 0.3 is 5.97 Å². The molecular weight excluding hydrogens is 382 g/mol. The molecular formula is C20H16F2N4O3. The van der Waals surface area contributed by atoms with Gasteiger partial charge in [0.15, 0.2) is 0 Å². The third-order valence-electron chi connectivity index (χ3n) is 3.83. The van der Waals surface area contributed by atoms with Crippen molar-refractivity contribution in [1.82, 2.24) is 9.97 Å². The van der Waals surface area contributed by atoms with Crippen molar-refractivity contribution in [2.24, 2.45) is 0 Å². The summed E-state index contributed by atoms with van der Waals surface area (Å²) in [6.45, 7) is 1.58. The smallest absolute Gasteiger partial charge is 0.337 e. The second-order valence-corrected chi connectivity index (χ2v) is 5.96. The largest absolute Gasteiger partial charge is 0.465 e. The van der Waals surface area contributed by atoms with E-state index in [0.717, 1.165) is 12.1 Å². The van der Waals surface area contributed by atoms with Crippen LogP contribution in [0.1, 0.15) is 26.7 Å². The fourth-order valence-electron chi connectivity index (χ4n) is 2.48. The molecule has 0 aliphatic rings. The lowest BCUT2D eigenvalue weighted by Gasteiger charge is -2.10. The molecule has 9 heteroatoms. The van der Waals surface area contributed by atoms with Gasteiger partial charge in [-0.15, -0.1) is 0 Å². The molecule has 3 rings (SSSR count). The minimum atomic E-state index is -0.794. The number of benzene rings is 2. The highest BCUT2D eigenvalue weighted by molar-refractivity contribution is 6.03. The van der Waals surface area contributed by atoms with Gasteiger partial charge in [0.05, 0.1) is 18.4 Å². The number of anilines is 3. The number of nitrogens with one attached hydrogen (secondary N) is 2. The van der Waals surface area contributed by atoms with E-state index in [-0.39, 0.29) is 23.0 Å². The van der Waals surface area contributed by atoms with E-state index in [0.29, 0.717) is 11.3 Å². The van der Waals surface area contributed by atoms with Crippen molar-refractivity contribution in [1.29, 1.82) is 0 Å². The van der Waals surface area contributed by atoms with E-state index in [1.807, 2.05) is 0 Å². The zero-order chi connectivity index (χ0) is 21.0. The van der Waals surface area contributed by atoms with Crippen LogP contribution in [0.3, 0.4) is 0 Å². The van der Waals surface area contributed by atoms with Gasteiger partial charge in [0, 0.05) is 17.8 Å². The van der Waals surface area contributed by atoms with Crippen LogP contribution in [-0.2, 0) is 4.74 Å². The van der Waals surface area contributed by atoms with E-state index in [9.17, 15) is 18.4 Å². The summed E-state index contributed by atoms with van der Waals surface area (Å²) in [6, 6.07) is 10.5. The number of aryl methyl sites for hydroxylation is 1. The summed E-state index contributed by atoms with van der Waals surface area (Å²) in [5.41, 5.74) is 0.836. The quantitative estimate of drug-likeness (QED) is 0.635. The van der Waals surface area contributed by atoms with Crippen molar-refractivity contribution in [2.45, 2.75) is 6.92 Å². The van der Waals surface area contributed by atoms with Gasteiger partial charge in [-0.05, 0) is 43.3 Å². The predicted molar refractivity (Wildman–Crippen MR) is 102 cm³/mol. The van der Waals surface area contributed by atoms with Gasteiger partial charge in [0.2, 0.25) is 0 Å². The molecule has 2 N–H and O–H groups in total. The highest BCUT2D eigenvalue weighted by Crippen LogP contribution is 2.20. The maximum Gasteiger partial charge on any atom is 0.337 e. The van der Waals surface area contributed by atoms with E-state index in [4.69, 9.17) is 0 Å². The maximum absolute atomic E-state index is 13.8. The predicted octanol–water partition coefficient (Wildman–Crippen LogP) is 3.85. The Hall–Kier alpha value is -3.88. The monoisotopic (exact) mass is 398 g/mol. The molecule has 0 saturated carbocycles. The molecule has 0 saturated heterocycles. The molecule has 0 aliphatic heterocycles. The van der Waals surface area contributed by atoms with E-state index < -0.39 is 23.5 Å². The number of hydrogen-bond donors (Lipinski definition) is 2. The van der Waals surface area contributed by atoms with Gasteiger partial charge < -0.3 is 15.4 Å². The summed E-state index contributed by atoms with van der Waals surface area (Å²) in [5, 5.41) is 5.35. The van der Waals surface area contributed by atoms with Gasteiger partial charge in [-0.3, -0.25) is 4.79 Å². The van der Waals surface area contributed by atoms with E-state index in [1.165, 1.54) is 31.4 Å². The minimum Gasteiger partial charge on any atom is -0.465 e. The standard InChI is InChI=1S/C20H16F2N4O3/c1-11-23-17(10-18(24-11)26-16-8-5-13(21)9-15(16)22)19(27)25-14-6-3-12(4-7-14)20(28)29-2/h3-10H,1-2H3,(H,25,27)(H,23,24,26). The van der Waals surface area contributed by atoms with Crippen molar-refractivity contribution < 1.29 is 23.1 Å². The summed E-state index contributed by atoms with van der Waals surface area (Å²) >= 11 is 0. The first-order chi connectivity index (χ1) is 13.9. The van der Waals surface area contributed by atoms with Gasteiger partial charge in [-0.2, -0.15) is 0 Å². The third-order valence-corrected chi connectivity index (χ3v) is 3.83. The number of esters is 1. The first kappa shape index (κ1) is 19.9. The summed E-state index contributed by atoms with van der Waals surface area (Å²) < 4.78 is 31.5. The van der Waals surface area contributed by atoms with Crippen LogP contribution in [0.2, 0.25) is 0 Å². The maximum atomic E-state index is 13.8. The number of carbonyl (C=O) groups excluding carboxylic acids is 2. The average molecular weight is 398 g/mol. The van der Waals surface area contributed by atoms with Crippen LogP contribution in [0.5, 0.6) is 0 Å². The average Bonchev–Trinajstić information content (AvgIpc) is 2.69. The zero-order valence-electron chi connectivity index (χ0n) is 15.5. The highest BCUT2D eigenvalue weighted by atomic mass is 19.1. The molecule has 0 bridgehead atoms. The van der Waals surface area contributed by atoms with Crippen LogP contribution in [0.25, 0.3) is 0 Å². The number of nitrogens with zero attached hydrogens (tertiary/aromatic N) is 2. The molecule has 2 aromatic carbocycles. The van der Waals surface area contributed by atoms with Gasteiger partial charge in [-0.1, -0.05) is 0 Å². The number of amides is 1. The van der Waals surface area contributed by atoms with Gasteiger partial charge in [0.25, 0.3) is 5.91 Å². The van der Waals surface area contributed by atoms with Crippen molar-refractivity contribution >= 4 is 29.1 Å². The number of methoxy groups -OCH3 is 1. The van der Waals surface area contributed by atoms with Crippen molar-refractivity contribution in [3.63, 3.8) is 0 Å². The molecule has 0 radical (unpaired) electrons. The lowest BCUT2D eigenvalue weighted by atomic mass is 10.2. The third kappa shape index (κ3) is 4.89. The number of rotatable bonds is 5. The van der Waals surface area contributed by atoms with Crippen molar-refractivity contribution in [3.8, 4) is 0 Å². The molecule has 0 atom stereocenters. The number of hydrogen-bond acceptors (Lipinski definition) is 6. The van der Waals surface area contributed by atoms with Crippen LogP contribution in [0.4, 0.5) is 26.0 Å². The number of carbonyl (C=O) groups is 2. The van der Waals surface area contributed by atoms with E-state index in [1.54, 1.807) is 19.1 Å². The number of aromatic nitrogens is 2. The fraction of sp³-hybridized carbons (Fsp3) is 0.100. The van der Waals surface area contributed by atoms with E-state index >= 15 is 0 Å². The van der Waals surface area contributed by atoms with Crippen LogP contribution >= 0.6 is 0 Å². The molecule has 3 aromatic rings. The molecule has 0 spiro atoms. The summed E-state index contributed by atoms with van der Waals surface area (Å²) in [7, 11) is 1.28. The minimum absolute atomic E-state index is 0.00857. The topological polar surface area (TPSA) is 93.2 Å². The summed E-state index contributed by atoms with van der Waals surface area (Å²) in [5.74, 6) is -2.05. The Balaban J connectivity index is 1.78. The number of ether oxygens (including phenoxy) is 1. The molecule has 0 unspecified atom stereocenters.